The third-order valence-electron chi connectivity index (χ3n) is 6.81. The molecule has 0 aliphatic carbocycles. The molecule has 1 aliphatic heterocycles. The number of phosphoric acid groups is 3. The Morgan fingerprint density at radius 3 is 2.39 bits per heavy atom. The van der Waals surface area contributed by atoms with E-state index in [-0.39, 0.29) is 41.6 Å². The summed E-state index contributed by atoms with van der Waals surface area (Å²) in [6, 6.07) is 0. The number of ether oxygens (including phenoxy) is 1. The molecule has 1 aliphatic rings. The topological polar surface area (TPSA) is 364 Å². The summed E-state index contributed by atoms with van der Waals surface area (Å²) in [6.07, 6.45) is -6.88. The standard InChI is InChI=1S/C23H38N7O17P3S/c1-12(31)51-7-6-25-14(32)4-5-26-21(35)18(34)23(2,3)9-44-50(41,42)47-49(39,40)43-8-13-17(46-48(36,37)38)16(33)22(45-13)30-11-29-15-19(24)27-10-28-20(15)30/h10-11,13,16-18,22,33-34H,4-9H2,1-3H3,(H,25,32)(H,26,35)(H,39,40)(H,41,42)(H2,24,27,28)(H2,36,37,38)/i1+1,12+1. The van der Waals surface area contributed by atoms with E-state index in [1.807, 2.05) is 0 Å². The van der Waals surface area contributed by atoms with E-state index in [1.165, 1.54) is 20.8 Å². The van der Waals surface area contributed by atoms with Crippen LogP contribution < -0.4 is 16.4 Å². The molecular formula is C23H38N7O17P3S. The maximum Gasteiger partial charge on any atom is 0.481 e. The number of fused-ring (bicyclic) bond motifs is 1. The molecule has 1 saturated heterocycles. The molecule has 0 saturated carbocycles. The van der Waals surface area contributed by atoms with Crippen LogP contribution >= 0.6 is 35.2 Å². The van der Waals surface area contributed by atoms with Gasteiger partial charge >= 0.3 is 23.5 Å². The van der Waals surface area contributed by atoms with Crippen molar-refractivity contribution in [2.45, 2.75) is 57.8 Å². The van der Waals surface area contributed by atoms with Gasteiger partial charge in [0.1, 0.15) is 36.3 Å². The monoisotopic (exact) mass is 811 g/mol. The number of phosphoric ester groups is 3. The summed E-state index contributed by atoms with van der Waals surface area (Å²) in [5, 5.41) is 26.1. The van der Waals surface area contributed by atoms with Gasteiger partial charge < -0.3 is 50.9 Å². The van der Waals surface area contributed by atoms with E-state index in [9.17, 15) is 57.9 Å². The summed E-state index contributed by atoms with van der Waals surface area (Å²) >= 11 is 1.03. The highest BCUT2D eigenvalue weighted by molar-refractivity contribution is 8.13. The number of anilines is 1. The zero-order valence-corrected chi connectivity index (χ0v) is 30.6. The van der Waals surface area contributed by atoms with E-state index in [0.29, 0.717) is 5.75 Å². The predicted octanol–water partition coefficient (Wildman–Crippen LogP) is -1.32. The number of nitrogens with zero attached hydrogens (tertiary/aromatic N) is 4. The molecule has 2 amide bonds. The lowest BCUT2D eigenvalue weighted by atomic mass is 9.87. The third-order valence-corrected chi connectivity index (χ3v) is 10.7. The minimum atomic E-state index is -5.56. The highest BCUT2D eigenvalue weighted by Crippen LogP contribution is 2.61. The second-order valence-electron chi connectivity index (χ2n) is 11.4. The lowest BCUT2D eigenvalue weighted by Gasteiger charge is -2.30. The fraction of sp³-hybridized carbons (Fsp3) is 0.652. The maximum absolute atomic E-state index is 12.6. The van der Waals surface area contributed by atoms with Gasteiger partial charge in [-0.3, -0.25) is 32.5 Å². The number of amides is 2. The van der Waals surface area contributed by atoms with Gasteiger partial charge in [0, 0.05) is 37.6 Å². The Balaban J connectivity index is 1.55. The highest BCUT2D eigenvalue weighted by atomic mass is 32.2. The molecule has 0 bridgehead atoms. The number of rotatable bonds is 19. The number of carbonyl (C=O) groups excluding carboxylic acids is 3. The predicted molar refractivity (Wildman–Crippen MR) is 173 cm³/mol. The Hall–Kier alpha value is -2.44. The van der Waals surface area contributed by atoms with Crippen molar-refractivity contribution in [2.24, 2.45) is 5.41 Å². The van der Waals surface area contributed by atoms with Crippen LogP contribution in [0.25, 0.3) is 11.2 Å². The molecule has 51 heavy (non-hydrogen) atoms. The lowest BCUT2D eigenvalue weighted by Crippen LogP contribution is -2.46. The number of imidazole rings is 1. The van der Waals surface area contributed by atoms with Crippen LogP contribution in [0.1, 0.15) is 33.4 Å². The van der Waals surface area contributed by atoms with Gasteiger partial charge in [0.05, 0.1) is 19.5 Å². The summed E-state index contributed by atoms with van der Waals surface area (Å²) in [5.74, 6) is -1.08. The van der Waals surface area contributed by atoms with Gasteiger partial charge in [0.15, 0.2) is 22.8 Å². The van der Waals surface area contributed by atoms with Crippen molar-refractivity contribution in [3.63, 3.8) is 0 Å². The third kappa shape index (κ3) is 12.9. The van der Waals surface area contributed by atoms with Crippen molar-refractivity contribution in [1.82, 2.24) is 30.2 Å². The zero-order valence-electron chi connectivity index (χ0n) is 27.1. The molecule has 2 aromatic rings. The second kappa shape index (κ2) is 17.6. The highest BCUT2D eigenvalue weighted by Gasteiger charge is 2.50. The lowest BCUT2D eigenvalue weighted by molar-refractivity contribution is -0.137. The van der Waals surface area contributed by atoms with Crippen molar-refractivity contribution in [3.05, 3.63) is 12.7 Å². The quantitative estimate of drug-likeness (QED) is 0.0451. The number of thioether (sulfide) groups is 1. The number of nitrogen functional groups attached to an aromatic ring is 1. The molecule has 3 heterocycles. The molecule has 7 unspecified atom stereocenters. The number of aliphatic hydroxyl groups is 2. The Morgan fingerprint density at radius 2 is 1.75 bits per heavy atom. The molecule has 0 radical (unpaired) electrons. The first kappa shape index (κ1) is 43.0. The van der Waals surface area contributed by atoms with Crippen LogP contribution in [0.2, 0.25) is 0 Å². The molecule has 7 atom stereocenters. The van der Waals surface area contributed by atoms with Crippen LogP contribution in [0.3, 0.4) is 0 Å². The van der Waals surface area contributed by atoms with Crippen molar-refractivity contribution in [1.29, 1.82) is 0 Å². The van der Waals surface area contributed by atoms with E-state index < -0.39 is 84.6 Å². The van der Waals surface area contributed by atoms with Gasteiger partial charge in [0.25, 0.3) is 0 Å². The average molecular weight is 812 g/mol. The van der Waals surface area contributed by atoms with Crippen LogP contribution in [-0.4, -0.2) is 123 Å². The summed E-state index contributed by atoms with van der Waals surface area (Å²) in [4.78, 5) is 85.9. The zero-order chi connectivity index (χ0) is 38.4. The van der Waals surface area contributed by atoms with E-state index in [0.717, 1.165) is 29.0 Å². The average Bonchev–Trinajstić information content (AvgIpc) is 3.57. The van der Waals surface area contributed by atoms with E-state index in [4.69, 9.17) is 19.5 Å². The first-order valence-electron chi connectivity index (χ1n) is 14.5. The fourth-order valence-corrected chi connectivity index (χ4v) is 7.65. The van der Waals surface area contributed by atoms with Crippen LogP contribution in [-0.2, 0) is 50.7 Å². The summed E-state index contributed by atoms with van der Waals surface area (Å²) in [7, 11) is -16.4. The Kier molecular flexibility index (Phi) is 14.8. The smallest absolute Gasteiger partial charge is 0.386 e. The van der Waals surface area contributed by atoms with Gasteiger partial charge in [-0.15, -0.1) is 0 Å². The van der Waals surface area contributed by atoms with E-state index in [2.05, 4.69) is 34.4 Å². The van der Waals surface area contributed by atoms with Gasteiger partial charge in [0.2, 0.25) is 11.8 Å². The number of aliphatic hydroxyl groups excluding tert-OH is 2. The van der Waals surface area contributed by atoms with E-state index >= 15 is 0 Å². The summed E-state index contributed by atoms with van der Waals surface area (Å²) in [6.45, 7) is 1.90. The minimum Gasteiger partial charge on any atom is -0.386 e. The van der Waals surface area contributed by atoms with Crippen molar-refractivity contribution < 1.29 is 80.5 Å². The normalized spacial score (nSPS) is 22.6. The Bertz CT molecular complexity index is 1710. The first-order valence-corrected chi connectivity index (χ1v) is 20.0. The minimum absolute atomic E-state index is 0.0310. The number of carbonyl (C=O) groups is 3. The number of nitrogens with two attached hydrogens (primary N) is 1. The van der Waals surface area contributed by atoms with Gasteiger partial charge in [-0.25, -0.2) is 28.6 Å². The molecule has 0 aromatic carbocycles. The number of hydrogen-bond donors (Lipinski definition) is 9. The molecule has 3 rings (SSSR count). The van der Waals surface area contributed by atoms with Crippen molar-refractivity contribution in [2.75, 3.05) is 37.8 Å². The number of nitrogens with one attached hydrogen (secondary N) is 2. The molecule has 10 N–H and O–H groups in total. The molecule has 1 fully saturated rings. The van der Waals surface area contributed by atoms with Gasteiger partial charge in [-0.2, -0.15) is 4.31 Å². The van der Waals surface area contributed by atoms with Crippen LogP contribution in [0.5, 0.6) is 0 Å². The largest absolute Gasteiger partial charge is 0.481 e. The van der Waals surface area contributed by atoms with Crippen LogP contribution in [0.4, 0.5) is 5.82 Å². The molecule has 24 nitrogen and oxygen atoms in total. The summed E-state index contributed by atoms with van der Waals surface area (Å²) in [5.41, 5.74) is 4.26. The SMILES string of the molecule is CC(C)(COP(=O)(O)OP(=O)(O)OCC1OC(n2cnc3c(N)ncnc32)C(O)C1OP(=O)(O)O)C(O)C(=O)NCCC(=O)NCCS[13C]([13CH3])=O. The number of aromatic nitrogens is 4. The Morgan fingerprint density at radius 1 is 1.08 bits per heavy atom. The second-order valence-corrected chi connectivity index (χ2v) is 16.9. The van der Waals surface area contributed by atoms with Gasteiger partial charge in [-0.05, 0) is 0 Å². The van der Waals surface area contributed by atoms with Crippen LogP contribution in [0, 0.1) is 5.41 Å². The number of hydrogen-bond acceptors (Lipinski definition) is 18. The van der Waals surface area contributed by atoms with E-state index in [1.54, 1.807) is 0 Å². The molecule has 28 heteroatoms. The molecule has 2 aromatic heterocycles. The molecule has 288 valence electrons. The Labute approximate surface area is 293 Å². The first-order chi connectivity index (χ1) is 23.5. The van der Waals surface area contributed by atoms with Crippen molar-refractivity contribution >= 4 is 69.1 Å². The molecular weight excluding hydrogens is 773 g/mol. The fourth-order valence-electron chi connectivity index (χ4n) is 4.32. The maximum atomic E-state index is 12.6. The summed E-state index contributed by atoms with van der Waals surface area (Å²) < 4.78 is 61.8. The van der Waals surface area contributed by atoms with Crippen LogP contribution in [0.15, 0.2) is 12.7 Å². The van der Waals surface area contributed by atoms with Gasteiger partial charge in [-0.1, -0.05) is 25.6 Å². The van der Waals surface area contributed by atoms with Crippen molar-refractivity contribution in [3.8, 4) is 0 Å². The molecule has 0 spiro atoms.